The Balaban J connectivity index is 1.63. The fraction of sp³-hybridized carbons (Fsp3) is 0.138. The molecular weight excluding hydrogens is 440 g/mol. The van der Waals surface area contributed by atoms with Crippen LogP contribution in [0.1, 0.15) is 32.7 Å². The molecule has 1 amide bonds. The number of hydrogen-bond donors (Lipinski definition) is 0. The molecule has 0 radical (unpaired) electrons. The summed E-state index contributed by atoms with van der Waals surface area (Å²) in [7, 11) is 1.65. The summed E-state index contributed by atoms with van der Waals surface area (Å²) in [6.45, 7) is 4.33. The van der Waals surface area contributed by atoms with Crippen molar-refractivity contribution < 1.29 is 9.53 Å². The number of thiocarbonyl (C=S) groups is 1. The Hall–Kier alpha value is -3.83. The molecule has 0 N–H and O–H groups in total. The molecule has 34 heavy (non-hydrogen) atoms. The Morgan fingerprint density at radius 1 is 0.941 bits per heavy atom. The van der Waals surface area contributed by atoms with Gasteiger partial charge in [0.1, 0.15) is 10.7 Å². The number of methoxy groups -OCH3 is 1. The van der Waals surface area contributed by atoms with Gasteiger partial charge in [0, 0.05) is 16.7 Å². The average Bonchev–Trinajstić information content (AvgIpc) is 3.20. The van der Waals surface area contributed by atoms with Gasteiger partial charge in [-0.1, -0.05) is 72.4 Å². The number of rotatable bonds is 4. The number of amides is 1. The minimum absolute atomic E-state index is 0.0950. The predicted octanol–water partition coefficient (Wildman–Crippen LogP) is 6.37. The Morgan fingerprint density at radius 2 is 1.68 bits per heavy atom. The lowest BCUT2D eigenvalue weighted by molar-refractivity contribution is 0.0847. The number of carbonyl (C=O) groups excluding carboxylic acids is 1. The number of aromatic nitrogens is 1. The van der Waals surface area contributed by atoms with Crippen LogP contribution in [0.2, 0.25) is 0 Å². The molecule has 0 fully saturated rings. The average molecular weight is 465 g/mol. The number of benzene rings is 3. The zero-order valence-corrected chi connectivity index (χ0v) is 20.1. The number of ether oxygens (including phenoxy) is 1. The van der Waals surface area contributed by atoms with Crippen molar-refractivity contribution in [1.82, 2.24) is 9.88 Å². The fourth-order valence-corrected chi connectivity index (χ4v) is 4.80. The second kappa shape index (κ2) is 8.84. The van der Waals surface area contributed by atoms with Crippen molar-refractivity contribution in [2.75, 3.05) is 7.11 Å². The zero-order valence-electron chi connectivity index (χ0n) is 19.3. The van der Waals surface area contributed by atoms with Crippen molar-refractivity contribution in [2.45, 2.75) is 20.4 Å². The molecule has 5 rings (SSSR count). The van der Waals surface area contributed by atoms with E-state index in [4.69, 9.17) is 21.9 Å². The van der Waals surface area contributed by atoms with Gasteiger partial charge in [-0.05, 0) is 54.8 Å². The largest absolute Gasteiger partial charge is 0.497 e. The molecule has 5 heteroatoms. The molecule has 168 valence electrons. The number of aryl methyl sites for hydroxylation is 2. The highest BCUT2D eigenvalue weighted by molar-refractivity contribution is 7.80. The summed E-state index contributed by atoms with van der Waals surface area (Å²) in [5.41, 5.74) is 8.23. The van der Waals surface area contributed by atoms with Gasteiger partial charge in [0.15, 0.2) is 0 Å². The number of nitrogens with zero attached hydrogens (tertiary/aromatic N) is 2. The first kappa shape index (κ1) is 22.0. The van der Waals surface area contributed by atoms with E-state index in [2.05, 4.69) is 6.07 Å². The van der Waals surface area contributed by atoms with Crippen molar-refractivity contribution in [3.8, 4) is 28.1 Å². The highest BCUT2D eigenvalue weighted by Gasteiger charge is 2.34. The van der Waals surface area contributed by atoms with E-state index in [0.717, 1.165) is 50.5 Å². The molecule has 1 aliphatic heterocycles. The molecule has 1 aromatic heterocycles. The first-order valence-electron chi connectivity index (χ1n) is 11.1. The van der Waals surface area contributed by atoms with Crippen molar-refractivity contribution in [1.29, 1.82) is 0 Å². The normalized spacial score (nSPS) is 12.6. The van der Waals surface area contributed by atoms with Crippen LogP contribution in [0.25, 0.3) is 22.4 Å². The summed E-state index contributed by atoms with van der Waals surface area (Å²) in [6.07, 6.45) is 0. The SMILES string of the molecule is COc1ccc(-c2cc(-c3ccccc3)nc3c2C(=S)N(C(=O)c2ccc(C)cc2C)C3)cc1. The number of hydrogen-bond acceptors (Lipinski definition) is 4. The second-order valence-electron chi connectivity index (χ2n) is 8.49. The van der Waals surface area contributed by atoms with Gasteiger partial charge in [-0.15, -0.1) is 0 Å². The maximum absolute atomic E-state index is 13.5. The molecule has 1 aliphatic rings. The van der Waals surface area contributed by atoms with Crippen LogP contribution in [-0.2, 0) is 6.54 Å². The van der Waals surface area contributed by atoms with Gasteiger partial charge in [0.2, 0.25) is 0 Å². The Labute approximate surface area is 204 Å². The van der Waals surface area contributed by atoms with Gasteiger partial charge in [0.25, 0.3) is 5.91 Å². The zero-order chi connectivity index (χ0) is 23.8. The van der Waals surface area contributed by atoms with Crippen molar-refractivity contribution in [2.24, 2.45) is 0 Å². The molecule has 2 heterocycles. The van der Waals surface area contributed by atoms with Gasteiger partial charge < -0.3 is 4.74 Å². The summed E-state index contributed by atoms with van der Waals surface area (Å²) in [5, 5.41) is 0. The van der Waals surface area contributed by atoms with Crippen LogP contribution in [0, 0.1) is 13.8 Å². The predicted molar refractivity (Wildman–Crippen MR) is 139 cm³/mol. The Kier molecular flexibility index (Phi) is 5.72. The molecule has 4 aromatic rings. The molecular formula is C29H24N2O2S. The maximum Gasteiger partial charge on any atom is 0.259 e. The van der Waals surface area contributed by atoms with Crippen LogP contribution >= 0.6 is 12.2 Å². The van der Waals surface area contributed by atoms with E-state index in [1.54, 1.807) is 12.0 Å². The van der Waals surface area contributed by atoms with Crippen LogP contribution in [0.5, 0.6) is 5.75 Å². The van der Waals surface area contributed by atoms with E-state index in [9.17, 15) is 4.79 Å². The van der Waals surface area contributed by atoms with Gasteiger partial charge in [-0.25, -0.2) is 0 Å². The third kappa shape index (κ3) is 3.88. The lowest BCUT2D eigenvalue weighted by Crippen LogP contribution is -2.31. The van der Waals surface area contributed by atoms with E-state index in [1.807, 2.05) is 86.6 Å². The summed E-state index contributed by atoms with van der Waals surface area (Å²) in [4.78, 5) is 20.7. The van der Waals surface area contributed by atoms with Gasteiger partial charge in [-0.2, -0.15) is 0 Å². The second-order valence-corrected chi connectivity index (χ2v) is 8.87. The molecule has 4 nitrogen and oxygen atoms in total. The highest BCUT2D eigenvalue weighted by atomic mass is 32.1. The van der Waals surface area contributed by atoms with E-state index < -0.39 is 0 Å². The van der Waals surface area contributed by atoms with E-state index >= 15 is 0 Å². The fourth-order valence-electron chi connectivity index (χ4n) is 4.43. The molecule has 0 saturated heterocycles. The van der Waals surface area contributed by atoms with E-state index in [0.29, 0.717) is 17.1 Å². The van der Waals surface area contributed by atoms with Crippen LogP contribution in [-0.4, -0.2) is 27.9 Å². The number of carbonyl (C=O) groups is 1. The van der Waals surface area contributed by atoms with Gasteiger partial charge in [0.05, 0.1) is 25.0 Å². The van der Waals surface area contributed by atoms with Crippen LogP contribution in [0.4, 0.5) is 0 Å². The van der Waals surface area contributed by atoms with Gasteiger partial charge in [-0.3, -0.25) is 14.7 Å². The lowest BCUT2D eigenvalue weighted by atomic mass is 9.97. The molecule has 0 saturated carbocycles. The standard InChI is InChI=1S/C29H24N2O2S/c1-18-9-14-23(19(2)15-18)28(32)31-17-26-27(29(31)34)24(20-10-12-22(33-3)13-11-20)16-25(30-26)21-7-5-4-6-8-21/h4-16H,17H2,1-3H3. The van der Waals surface area contributed by atoms with Crippen molar-refractivity contribution in [3.05, 3.63) is 107 Å². The van der Waals surface area contributed by atoms with Gasteiger partial charge >= 0.3 is 0 Å². The van der Waals surface area contributed by atoms with Crippen LogP contribution in [0.15, 0.2) is 78.9 Å². The minimum Gasteiger partial charge on any atom is -0.497 e. The summed E-state index contributed by atoms with van der Waals surface area (Å²) < 4.78 is 5.34. The molecule has 0 atom stereocenters. The van der Waals surface area contributed by atoms with E-state index in [-0.39, 0.29) is 5.91 Å². The lowest BCUT2D eigenvalue weighted by Gasteiger charge is -2.18. The quantitative estimate of drug-likeness (QED) is 0.329. The monoisotopic (exact) mass is 464 g/mol. The first-order valence-corrected chi connectivity index (χ1v) is 11.5. The van der Waals surface area contributed by atoms with Crippen LogP contribution in [0.3, 0.4) is 0 Å². The first-order chi connectivity index (χ1) is 16.5. The van der Waals surface area contributed by atoms with E-state index in [1.165, 1.54) is 0 Å². The smallest absolute Gasteiger partial charge is 0.259 e. The highest BCUT2D eigenvalue weighted by Crippen LogP contribution is 2.37. The number of fused-ring (bicyclic) bond motifs is 1. The third-order valence-electron chi connectivity index (χ3n) is 6.19. The molecule has 0 bridgehead atoms. The summed E-state index contributed by atoms with van der Waals surface area (Å²) in [6, 6.07) is 25.9. The molecule has 3 aromatic carbocycles. The third-order valence-corrected chi connectivity index (χ3v) is 6.61. The molecule has 0 unspecified atom stereocenters. The Bertz CT molecular complexity index is 1410. The minimum atomic E-state index is -0.0950. The van der Waals surface area contributed by atoms with Crippen LogP contribution < -0.4 is 4.74 Å². The topological polar surface area (TPSA) is 42.4 Å². The molecule has 0 aliphatic carbocycles. The van der Waals surface area contributed by atoms with Crippen molar-refractivity contribution >= 4 is 23.1 Å². The summed E-state index contributed by atoms with van der Waals surface area (Å²) in [5.74, 6) is 0.689. The molecule has 0 spiro atoms. The Morgan fingerprint density at radius 3 is 2.35 bits per heavy atom. The van der Waals surface area contributed by atoms with Crippen molar-refractivity contribution in [3.63, 3.8) is 0 Å². The number of pyridine rings is 1. The maximum atomic E-state index is 13.5. The summed E-state index contributed by atoms with van der Waals surface area (Å²) >= 11 is 5.88.